The summed E-state index contributed by atoms with van der Waals surface area (Å²) in [7, 11) is 0. The van der Waals surface area contributed by atoms with Crippen LogP contribution in [0.3, 0.4) is 0 Å². The second-order valence-corrected chi connectivity index (χ2v) is 10.2. The van der Waals surface area contributed by atoms with Gasteiger partial charge in [-0.05, 0) is 13.8 Å². The predicted molar refractivity (Wildman–Crippen MR) is 119 cm³/mol. The van der Waals surface area contributed by atoms with Gasteiger partial charge in [-0.1, -0.05) is 76.2 Å². The van der Waals surface area contributed by atoms with Gasteiger partial charge in [-0.3, -0.25) is 0 Å². The fourth-order valence-corrected chi connectivity index (χ4v) is 0.371. The van der Waals surface area contributed by atoms with Crippen LogP contribution >= 0.6 is 128 Å². The Labute approximate surface area is 203 Å². The first-order chi connectivity index (χ1) is 10.9. The van der Waals surface area contributed by atoms with Crippen molar-refractivity contribution in [2.75, 3.05) is 23.5 Å². The zero-order valence-corrected chi connectivity index (χ0v) is 21.3. The molecule has 0 N–H and O–H groups in total. The summed E-state index contributed by atoms with van der Waals surface area (Å²) >= 11 is 56.0. The first kappa shape index (κ1) is 35.2. The summed E-state index contributed by atoms with van der Waals surface area (Å²) in [4.78, 5) is 0. The van der Waals surface area contributed by atoms with Gasteiger partial charge in [-0.15, -0.1) is 58.0 Å². The highest BCUT2D eigenvalue weighted by molar-refractivity contribution is 6.70. The minimum atomic E-state index is -2.29. The molecule has 156 valence electrons. The summed E-state index contributed by atoms with van der Waals surface area (Å²) in [5.41, 5.74) is 0. The average molecular weight is 589 g/mol. The molecule has 0 heterocycles. The lowest BCUT2D eigenvalue weighted by molar-refractivity contribution is 0.311. The molecule has 0 fully saturated rings. The first-order valence-corrected chi connectivity index (χ1v) is 10.8. The van der Waals surface area contributed by atoms with Crippen molar-refractivity contribution in [3.63, 3.8) is 0 Å². The van der Waals surface area contributed by atoms with Gasteiger partial charge in [0, 0.05) is 16.8 Å². The minimum Gasteiger partial charge on any atom is -0.225 e. The van der Waals surface area contributed by atoms with Crippen LogP contribution in [0.25, 0.3) is 0 Å². The lowest BCUT2D eigenvalue weighted by atomic mass is 10.5. The lowest BCUT2D eigenvalue weighted by Gasteiger charge is -2.19. The molecule has 0 radical (unpaired) electrons. The van der Waals surface area contributed by atoms with Crippen LogP contribution in [0, 0.1) is 0 Å². The number of alkyl halides is 12. The van der Waals surface area contributed by atoms with Gasteiger partial charge >= 0.3 is 0 Å². The van der Waals surface area contributed by atoms with Crippen molar-refractivity contribution < 1.29 is 8.78 Å². The van der Waals surface area contributed by atoms with E-state index in [4.69, 9.17) is 128 Å². The van der Waals surface area contributed by atoms with Crippen LogP contribution in [0.1, 0.15) is 13.8 Å². The molecule has 0 aromatic rings. The Morgan fingerprint density at radius 2 is 1.12 bits per heavy atom. The van der Waals surface area contributed by atoms with Crippen LogP contribution in [0.2, 0.25) is 0 Å². The van der Waals surface area contributed by atoms with Gasteiger partial charge < -0.3 is 0 Å². The van der Waals surface area contributed by atoms with Gasteiger partial charge in [-0.25, -0.2) is 8.78 Å². The Kier molecular flexibility index (Phi) is 26.5. The standard InChI is InChI=1S/C3H3Cl4F.C3H5Cl3.C3H5Cl2F.C3H4Cl2/c1-2(4,8)3(5,6)7;4-1-3(6)2-5;1-3(5,6)2-4;1-3(5)2-4/h1H3;3H,1-2H2;2H2,1H3;1-2H2. The highest BCUT2D eigenvalue weighted by atomic mass is 35.6. The molecule has 0 saturated carbocycles. The Bertz CT molecular complexity index is 292. The van der Waals surface area contributed by atoms with E-state index in [1.54, 1.807) is 0 Å². The molecule has 0 nitrogen and oxygen atoms in total. The quantitative estimate of drug-likeness (QED) is 0.287. The third-order valence-electron chi connectivity index (χ3n) is 1.21. The van der Waals surface area contributed by atoms with E-state index in [0.717, 1.165) is 6.92 Å². The normalized spacial score (nSPS) is 15.2. The molecule has 0 spiro atoms. The van der Waals surface area contributed by atoms with E-state index in [0.29, 0.717) is 22.7 Å². The van der Waals surface area contributed by atoms with Gasteiger partial charge in [0.1, 0.15) is 0 Å². The number of rotatable bonds is 4. The van der Waals surface area contributed by atoms with E-state index in [1.807, 2.05) is 0 Å². The van der Waals surface area contributed by atoms with Gasteiger partial charge in [0.25, 0.3) is 0 Å². The Balaban J connectivity index is -0.000000119. The molecular formula is C12H17Cl11F2. The second-order valence-electron chi connectivity index (χ2n) is 4.15. The molecule has 0 amide bonds. The monoisotopic (exact) mass is 584 g/mol. The molecule has 25 heavy (non-hydrogen) atoms. The summed E-state index contributed by atoms with van der Waals surface area (Å²) in [5, 5.41) is -3.58. The molecule has 0 aromatic carbocycles. The van der Waals surface area contributed by atoms with E-state index in [2.05, 4.69) is 6.58 Å². The van der Waals surface area contributed by atoms with E-state index in [1.165, 1.54) is 6.92 Å². The van der Waals surface area contributed by atoms with E-state index < -0.39 is 14.0 Å². The van der Waals surface area contributed by atoms with Crippen molar-refractivity contribution in [3.8, 4) is 0 Å². The Hall–Kier alpha value is 2.79. The third-order valence-corrected chi connectivity index (χ3v) is 5.59. The lowest BCUT2D eigenvalue weighted by Crippen LogP contribution is -2.27. The van der Waals surface area contributed by atoms with Gasteiger partial charge in [0.2, 0.25) is 8.92 Å². The Morgan fingerprint density at radius 1 is 0.920 bits per heavy atom. The third kappa shape index (κ3) is 38.1. The van der Waals surface area contributed by atoms with E-state index in [-0.39, 0.29) is 11.3 Å². The van der Waals surface area contributed by atoms with Crippen LogP contribution in [0.15, 0.2) is 11.6 Å². The van der Waals surface area contributed by atoms with Crippen molar-refractivity contribution in [3.05, 3.63) is 11.6 Å². The molecular weight excluding hydrogens is 572 g/mol. The fraction of sp³-hybridized carbons (Fsp3) is 0.833. The summed E-state index contributed by atoms with van der Waals surface area (Å²) < 4.78 is 22.0. The van der Waals surface area contributed by atoms with Crippen molar-refractivity contribution in [1.82, 2.24) is 0 Å². The van der Waals surface area contributed by atoms with Crippen molar-refractivity contribution in [2.24, 2.45) is 0 Å². The molecule has 2 unspecified atom stereocenters. The molecule has 0 aliphatic carbocycles. The summed E-state index contributed by atoms with van der Waals surface area (Å²) in [5.74, 6) is 1.06. The maximum absolute atomic E-state index is 12.3. The van der Waals surface area contributed by atoms with Crippen LogP contribution in [-0.4, -0.2) is 42.9 Å². The molecule has 13 heteroatoms. The topological polar surface area (TPSA) is 0 Å². The smallest absolute Gasteiger partial charge is 0.225 e. The van der Waals surface area contributed by atoms with Crippen LogP contribution < -0.4 is 0 Å². The largest absolute Gasteiger partial charge is 0.237 e. The predicted octanol–water partition coefficient (Wildman–Crippen LogP) is 9.48. The maximum atomic E-state index is 12.3. The summed E-state index contributed by atoms with van der Waals surface area (Å²) in [6, 6.07) is 0. The highest BCUT2D eigenvalue weighted by Gasteiger charge is 2.43. The number of halogens is 13. The summed E-state index contributed by atoms with van der Waals surface area (Å²) in [6.07, 6.45) is 0. The maximum Gasteiger partial charge on any atom is 0.237 e. The second kappa shape index (κ2) is 18.8. The fourth-order valence-electron chi connectivity index (χ4n) is 0.0412. The number of hydrogen-bond acceptors (Lipinski definition) is 0. The van der Waals surface area contributed by atoms with Crippen LogP contribution in [-0.2, 0) is 0 Å². The minimum absolute atomic E-state index is 0.0617. The SMILES string of the molecule is C=C(Cl)CCl.CC(F)(Cl)C(Cl)(Cl)Cl.CC(F)(Cl)CCl.ClCC(Cl)CCl. The zero-order chi connectivity index (χ0) is 21.5. The van der Waals surface area contributed by atoms with Crippen molar-refractivity contribution >= 4 is 128 Å². The highest BCUT2D eigenvalue weighted by Crippen LogP contribution is 2.43. The number of allylic oxidation sites excluding steroid dienone is 1. The molecule has 0 saturated heterocycles. The summed E-state index contributed by atoms with van der Waals surface area (Å²) in [6.45, 7) is 5.49. The molecule has 0 bridgehead atoms. The van der Waals surface area contributed by atoms with E-state index >= 15 is 0 Å². The zero-order valence-electron chi connectivity index (χ0n) is 13.0. The molecule has 0 aliphatic rings. The van der Waals surface area contributed by atoms with Crippen LogP contribution in [0.4, 0.5) is 8.78 Å². The van der Waals surface area contributed by atoms with Gasteiger partial charge in [0.05, 0.1) is 17.1 Å². The average Bonchev–Trinajstić information content (AvgIpc) is 2.45. The molecule has 2 atom stereocenters. The molecule has 0 aromatic heterocycles. The van der Waals surface area contributed by atoms with Crippen molar-refractivity contribution in [1.29, 1.82) is 0 Å². The van der Waals surface area contributed by atoms with Gasteiger partial charge in [-0.2, -0.15) is 0 Å². The van der Waals surface area contributed by atoms with Gasteiger partial charge in [0.15, 0.2) is 5.13 Å². The Morgan fingerprint density at radius 3 is 1.12 bits per heavy atom. The molecule has 0 rings (SSSR count). The van der Waals surface area contributed by atoms with Crippen LogP contribution in [0.5, 0.6) is 0 Å². The van der Waals surface area contributed by atoms with E-state index in [9.17, 15) is 8.78 Å². The molecule has 0 aliphatic heterocycles. The van der Waals surface area contributed by atoms with Crippen molar-refractivity contribution in [2.45, 2.75) is 33.3 Å². The number of hydrogen-bond donors (Lipinski definition) is 0. The first-order valence-electron chi connectivity index (χ1n) is 5.93.